The Bertz CT molecular complexity index is 641. The number of amides is 2. The number of nitrogens with zero attached hydrogens (tertiary/aromatic N) is 2. The first kappa shape index (κ1) is 18.0. The molecule has 0 radical (unpaired) electrons. The van der Waals surface area contributed by atoms with E-state index in [4.69, 9.17) is 4.98 Å². The molecule has 0 aromatic carbocycles. The van der Waals surface area contributed by atoms with E-state index in [0.29, 0.717) is 24.3 Å². The maximum absolute atomic E-state index is 12.6. The highest BCUT2D eigenvalue weighted by Gasteiger charge is 2.31. The van der Waals surface area contributed by atoms with Crippen LogP contribution in [0.2, 0.25) is 0 Å². The van der Waals surface area contributed by atoms with Gasteiger partial charge in [0.2, 0.25) is 11.8 Å². The van der Waals surface area contributed by atoms with Crippen LogP contribution in [0.15, 0.2) is 5.38 Å². The number of piperidine rings is 1. The zero-order chi connectivity index (χ0) is 17.9. The van der Waals surface area contributed by atoms with Gasteiger partial charge in [0.1, 0.15) is 0 Å². The zero-order valence-electron chi connectivity index (χ0n) is 15.4. The molecule has 5 nitrogen and oxygen atoms in total. The fourth-order valence-corrected chi connectivity index (χ4v) is 5.23. The third-order valence-corrected chi connectivity index (χ3v) is 7.11. The topological polar surface area (TPSA) is 62.3 Å². The van der Waals surface area contributed by atoms with Crippen LogP contribution in [0.1, 0.15) is 68.0 Å². The monoisotopic (exact) mass is 375 g/mol. The summed E-state index contributed by atoms with van der Waals surface area (Å²) in [4.78, 5) is 31.1. The zero-order valence-corrected chi connectivity index (χ0v) is 16.2. The van der Waals surface area contributed by atoms with Gasteiger partial charge >= 0.3 is 0 Å². The number of carbonyl (C=O) groups is 2. The lowest BCUT2D eigenvalue weighted by atomic mass is 9.96. The number of rotatable bonds is 6. The first-order valence-electron chi connectivity index (χ1n) is 10.2. The number of hydrogen-bond acceptors (Lipinski definition) is 4. The summed E-state index contributed by atoms with van der Waals surface area (Å²) in [7, 11) is 0. The minimum absolute atomic E-state index is 0.208. The quantitative estimate of drug-likeness (QED) is 0.831. The van der Waals surface area contributed by atoms with Crippen molar-refractivity contribution in [3.8, 4) is 0 Å². The minimum Gasteiger partial charge on any atom is -0.355 e. The maximum atomic E-state index is 12.6. The van der Waals surface area contributed by atoms with Gasteiger partial charge in [-0.2, -0.15) is 0 Å². The van der Waals surface area contributed by atoms with Crippen LogP contribution in [-0.2, 0) is 16.0 Å². The second kappa shape index (κ2) is 8.07. The minimum atomic E-state index is 0.208. The molecule has 1 N–H and O–H groups in total. The molecule has 1 aromatic heterocycles. The summed E-state index contributed by atoms with van der Waals surface area (Å²) >= 11 is 1.74. The summed E-state index contributed by atoms with van der Waals surface area (Å²) in [5, 5.41) is 6.35. The fraction of sp³-hybridized carbons (Fsp3) is 0.750. The van der Waals surface area contributed by atoms with Gasteiger partial charge in [0.25, 0.3) is 0 Å². The van der Waals surface area contributed by atoms with Crippen LogP contribution in [0.3, 0.4) is 0 Å². The van der Waals surface area contributed by atoms with Crippen molar-refractivity contribution >= 4 is 23.2 Å². The Morgan fingerprint density at radius 1 is 1.08 bits per heavy atom. The Morgan fingerprint density at radius 2 is 1.81 bits per heavy atom. The van der Waals surface area contributed by atoms with E-state index < -0.39 is 0 Å². The molecule has 0 bridgehead atoms. The molecule has 3 fully saturated rings. The van der Waals surface area contributed by atoms with Crippen molar-refractivity contribution in [1.82, 2.24) is 15.2 Å². The van der Waals surface area contributed by atoms with Crippen molar-refractivity contribution in [3.05, 3.63) is 16.1 Å². The van der Waals surface area contributed by atoms with Gasteiger partial charge in [0.05, 0.1) is 10.7 Å². The molecule has 0 atom stereocenters. The Kier molecular flexibility index (Phi) is 5.57. The second-order valence-corrected chi connectivity index (χ2v) is 8.96. The van der Waals surface area contributed by atoms with Gasteiger partial charge in [0.15, 0.2) is 0 Å². The first-order chi connectivity index (χ1) is 12.7. The summed E-state index contributed by atoms with van der Waals surface area (Å²) in [5.74, 6) is 1.66. The first-order valence-corrected chi connectivity index (χ1v) is 11.1. The molecule has 2 aliphatic carbocycles. The van der Waals surface area contributed by atoms with Crippen LogP contribution in [0, 0.1) is 11.8 Å². The fourth-order valence-electron chi connectivity index (χ4n) is 4.21. The Hall–Kier alpha value is -1.43. The van der Waals surface area contributed by atoms with E-state index in [0.717, 1.165) is 63.7 Å². The summed E-state index contributed by atoms with van der Waals surface area (Å²) in [6.45, 7) is 2.45. The highest BCUT2D eigenvalue weighted by molar-refractivity contribution is 7.09. The number of aromatic nitrogens is 1. The van der Waals surface area contributed by atoms with E-state index >= 15 is 0 Å². The van der Waals surface area contributed by atoms with E-state index in [1.165, 1.54) is 17.8 Å². The lowest BCUT2D eigenvalue weighted by Gasteiger charge is -2.32. The molecule has 6 heteroatoms. The van der Waals surface area contributed by atoms with Crippen LogP contribution in [0.25, 0.3) is 0 Å². The molecule has 4 rings (SSSR count). The number of likely N-dealkylation sites (tertiary alicyclic amines) is 1. The smallest absolute Gasteiger partial charge is 0.225 e. The van der Waals surface area contributed by atoms with Crippen LogP contribution in [-0.4, -0.2) is 41.3 Å². The molecule has 2 heterocycles. The third kappa shape index (κ3) is 4.27. The van der Waals surface area contributed by atoms with E-state index in [1.54, 1.807) is 11.3 Å². The van der Waals surface area contributed by atoms with Crippen LogP contribution in [0.5, 0.6) is 0 Å². The van der Waals surface area contributed by atoms with Gasteiger partial charge < -0.3 is 10.2 Å². The van der Waals surface area contributed by atoms with Gasteiger partial charge in [-0.25, -0.2) is 4.98 Å². The Balaban J connectivity index is 1.22. The van der Waals surface area contributed by atoms with Crippen molar-refractivity contribution in [2.24, 2.45) is 11.8 Å². The van der Waals surface area contributed by atoms with Gasteiger partial charge in [-0.3, -0.25) is 9.59 Å². The predicted octanol–water partition coefficient (Wildman–Crippen LogP) is 3.11. The Morgan fingerprint density at radius 3 is 2.50 bits per heavy atom. The largest absolute Gasteiger partial charge is 0.355 e. The third-order valence-electron chi connectivity index (χ3n) is 6.06. The van der Waals surface area contributed by atoms with Gasteiger partial charge in [-0.15, -0.1) is 11.3 Å². The summed E-state index contributed by atoms with van der Waals surface area (Å²) in [5.41, 5.74) is 1.09. The van der Waals surface area contributed by atoms with Crippen molar-refractivity contribution in [2.45, 2.75) is 63.7 Å². The molecule has 1 aromatic rings. The lowest BCUT2D eigenvalue weighted by Crippen LogP contribution is -2.40. The standard InChI is InChI=1S/C20H29N3O2S/c24-18(14-5-6-14)21-10-7-17-13-26-19(22-17)15-8-11-23(12-9-15)20(25)16-3-1-2-4-16/h13-16H,1-12H2,(H,21,24). The molecule has 142 valence electrons. The molecule has 26 heavy (non-hydrogen) atoms. The molecule has 2 saturated carbocycles. The van der Waals surface area contributed by atoms with Gasteiger partial charge in [0, 0.05) is 49.2 Å². The van der Waals surface area contributed by atoms with Crippen molar-refractivity contribution in [3.63, 3.8) is 0 Å². The van der Waals surface area contributed by atoms with Crippen LogP contribution in [0.4, 0.5) is 0 Å². The number of carbonyl (C=O) groups excluding carboxylic acids is 2. The van der Waals surface area contributed by atoms with Gasteiger partial charge in [-0.1, -0.05) is 12.8 Å². The summed E-state index contributed by atoms with van der Waals surface area (Å²) < 4.78 is 0. The van der Waals surface area contributed by atoms with E-state index in [9.17, 15) is 9.59 Å². The van der Waals surface area contributed by atoms with Crippen LogP contribution < -0.4 is 5.32 Å². The highest BCUT2D eigenvalue weighted by Crippen LogP contribution is 2.33. The average Bonchev–Trinajstić information content (AvgIpc) is 3.18. The molecule has 1 aliphatic heterocycles. The van der Waals surface area contributed by atoms with Crippen molar-refractivity contribution in [2.75, 3.05) is 19.6 Å². The molecule has 0 unspecified atom stereocenters. The lowest BCUT2D eigenvalue weighted by molar-refractivity contribution is -0.136. The van der Waals surface area contributed by atoms with Crippen molar-refractivity contribution in [1.29, 1.82) is 0 Å². The van der Waals surface area contributed by atoms with Crippen molar-refractivity contribution < 1.29 is 9.59 Å². The molecular formula is C20H29N3O2S. The normalized spacial score (nSPS) is 21.9. The van der Waals surface area contributed by atoms with Gasteiger partial charge in [-0.05, 0) is 38.5 Å². The van der Waals surface area contributed by atoms with E-state index in [2.05, 4.69) is 15.6 Å². The predicted molar refractivity (Wildman–Crippen MR) is 102 cm³/mol. The maximum Gasteiger partial charge on any atom is 0.225 e. The number of nitrogens with one attached hydrogen (secondary N) is 1. The second-order valence-electron chi connectivity index (χ2n) is 8.07. The summed E-state index contributed by atoms with van der Waals surface area (Å²) in [6.07, 6.45) is 9.59. The molecule has 1 saturated heterocycles. The summed E-state index contributed by atoms with van der Waals surface area (Å²) in [6, 6.07) is 0. The molecule has 2 amide bonds. The van der Waals surface area contributed by atoms with E-state index in [1.807, 2.05) is 0 Å². The number of thiazole rings is 1. The SMILES string of the molecule is O=C(NCCc1csc(C2CCN(C(=O)C3CCCC3)CC2)n1)C1CC1. The Labute approximate surface area is 159 Å². The van der Waals surface area contributed by atoms with E-state index in [-0.39, 0.29) is 11.8 Å². The average molecular weight is 376 g/mol. The molecular weight excluding hydrogens is 346 g/mol. The molecule has 0 spiro atoms. The number of hydrogen-bond donors (Lipinski definition) is 1. The van der Waals surface area contributed by atoms with Crippen LogP contribution >= 0.6 is 11.3 Å². The molecule has 3 aliphatic rings. The highest BCUT2D eigenvalue weighted by atomic mass is 32.1.